The van der Waals surface area contributed by atoms with E-state index in [-0.39, 0.29) is 38.1 Å². The first-order chi connectivity index (χ1) is 42.7. The molecule has 0 spiro atoms. The standard InChI is InChI=1S/C29H29OS.C27H25OS.C26H23OS/c1-22-10-18-27(19-11-22)31(26-8-6-5-7-9-26)28-20-16-25(17-21-28)30-24-14-12-23(13-15-24)29(2,3)4;1-20-4-10-23(11-5-20)28-24-12-18-27(19-13-24)29(25-14-6-21(2)7-15-25)26-16-8-22(3)9-17-26;1-20-8-14-24(15-9-20)28(25-16-10-21(2)11-17-25)26-18-12-23(13-19-26)27-22-6-4-3-5-7-22/h5-21H,1-4H3;4-19H,1-3H3;3-19H,1-2H3/q3*+1. The van der Waals surface area contributed by atoms with Gasteiger partial charge in [-0.2, -0.15) is 0 Å². The van der Waals surface area contributed by atoms with Crippen LogP contribution in [0.15, 0.2) is 347 Å². The van der Waals surface area contributed by atoms with Crippen LogP contribution >= 0.6 is 0 Å². The third-order valence-electron chi connectivity index (χ3n) is 14.6. The molecule has 0 aliphatic heterocycles. The van der Waals surface area contributed by atoms with Crippen LogP contribution in [-0.2, 0) is 38.1 Å². The van der Waals surface area contributed by atoms with Crippen LogP contribution in [0.25, 0.3) is 0 Å². The lowest BCUT2D eigenvalue weighted by Crippen LogP contribution is -2.10. The SMILES string of the molecule is Cc1ccc(Oc2ccc([S+](c3ccc(C)cc3)c3ccc(C)cc3)cc2)cc1.Cc1ccc([S+](c2ccc(C)cc2)c2ccc(Oc3ccccc3)cc2)cc1.Cc1ccc([S+](c2ccccc2)c2ccc(Oc3ccc(C(C)(C)C)cc3)cc2)cc1. The van der Waals surface area contributed by atoms with Gasteiger partial charge in [0.15, 0.2) is 44.1 Å². The smallest absolute Gasteiger partial charge is 0.166 e. The lowest BCUT2D eigenvalue weighted by Gasteiger charge is -2.19. The van der Waals surface area contributed by atoms with Gasteiger partial charge in [0.05, 0.1) is 32.7 Å². The first-order valence-corrected chi connectivity index (χ1v) is 33.5. The van der Waals surface area contributed by atoms with E-state index in [1.165, 1.54) is 83.0 Å². The molecule has 0 bridgehead atoms. The van der Waals surface area contributed by atoms with Crippen molar-refractivity contribution >= 4 is 32.7 Å². The number of ether oxygens (including phenoxy) is 3. The molecule has 0 N–H and O–H groups in total. The minimum absolute atomic E-state index is 0.141. The molecule has 0 amide bonds. The van der Waals surface area contributed by atoms with E-state index < -0.39 is 0 Å². The highest BCUT2D eigenvalue weighted by Crippen LogP contribution is 2.37. The van der Waals surface area contributed by atoms with Crippen molar-refractivity contribution in [1.29, 1.82) is 0 Å². The molecule has 0 radical (unpaired) electrons. The molecule has 0 aromatic heterocycles. The zero-order valence-corrected chi connectivity index (χ0v) is 54.3. The van der Waals surface area contributed by atoms with Crippen LogP contribution in [0.2, 0.25) is 0 Å². The minimum Gasteiger partial charge on any atom is -0.457 e. The summed E-state index contributed by atoms with van der Waals surface area (Å²) in [6, 6.07) is 107. The van der Waals surface area contributed by atoms with E-state index in [9.17, 15) is 0 Å². The first-order valence-electron chi connectivity index (χ1n) is 29.8. The highest BCUT2D eigenvalue weighted by Gasteiger charge is 2.31. The van der Waals surface area contributed by atoms with E-state index >= 15 is 0 Å². The zero-order valence-electron chi connectivity index (χ0n) is 51.8. The van der Waals surface area contributed by atoms with Gasteiger partial charge in [-0.05, 0) is 235 Å². The summed E-state index contributed by atoms with van der Waals surface area (Å²) in [6.45, 7) is 19.4. The Morgan fingerprint density at radius 3 is 0.602 bits per heavy atom. The van der Waals surface area contributed by atoms with E-state index in [0.29, 0.717) is 0 Å². The summed E-state index contributed by atoms with van der Waals surface area (Å²) in [5.41, 5.74) is 9.08. The Labute approximate surface area is 531 Å². The molecule has 0 aliphatic carbocycles. The quantitative estimate of drug-likeness (QED) is 0.0958. The van der Waals surface area contributed by atoms with Gasteiger partial charge in [0.25, 0.3) is 0 Å². The Kier molecular flexibility index (Phi) is 20.9. The van der Waals surface area contributed by atoms with E-state index in [1.54, 1.807) is 0 Å². The van der Waals surface area contributed by atoms with Crippen molar-refractivity contribution in [1.82, 2.24) is 0 Å². The van der Waals surface area contributed by atoms with Gasteiger partial charge in [0.2, 0.25) is 0 Å². The van der Waals surface area contributed by atoms with Crippen LogP contribution in [0.1, 0.15) is 59.7 Å². The van der Waals surface area contributed by atoms with Gasteiger partial charge in [-0.15, -0.1) is 0 Å². The zero-order chi connectivity index (χ0) is 61.4. The van der Waals surface area contributed by atoms with Crippen molar-refractivity contribution in [3.63, 3.8) is 0 Å². The molecule has 1 atom stereocenters. The molecule has 12 aromatic carbocycles. The van der Waals surface area contributed by atoms with Crippen LogP contribution in [0.3, 0.4) is 0 Å². The average Bonchev–Trinajstić information content (AvgIpc) is 3.69. The third-order valence-corrected chi connectivity index (χ3v) is 21.3. The Bertz CT molecular complexity index is 3960. The maximum atomic E-state index is 6.11. The number of aryl methyl sites for hydroxylation is 6. The lowest BCUT2D eigenvalue weighted by atomic mass is 9.87. The number of hydrogen-bond donors (Lipinski definition) is 0. The fourth-order valence-electron chi connectivity index (χ4n) is 9.61. The van der Waals surface area contributed by atoms with Gasteiger partial charge in [-0.1, -0.05) is 175 Å². The summed E-state index contributed by atoms with van der Waals surface area (Å²) in [5, 5.41) is 0. The van der Waals surface area contributed by atoms with Crippen molar-refractivity contribution < 1.29 is 14.2 Å². The van der Waals surface area contributed by atoms with E-state index in [0.717, 1.165) is 34.5 Å². The first kappa shape index (κ1) is 62.2. The van der Waals surface area contributed by atoms with Gasteiger partial charge >= 0.3 is 0 Å². The number of para-hydroxylation sites is 1. The number of rotatable bonds is 15. The van der Waals surface area contributed by atoms with Gasteiger partial charge in [-0.3, -0.25) is 0 Å². The van der Waals surface area contributed by atoms with E-state index in [1.807, 2.05) is 42.5 Å². The number of hydrogen-bond acceptors (Lipinski definition) is 3. The fraction of sp³-hybridized carbons (Fsp3) is 0.122. The summed E-state index contributed by atoms with van der Waals surface area (Å²) in [4.78, 5) is 11.8. The predicted octanol–water partition coefficient (Wildman–Crippen LogP) is 22.9. The monoisotopic (exact) mass is 1210 g/mol. The molecule has 12 rings (SSSR count). The molecule has 0 saturated carbocycles. The summed E-state index contributed by atoms with van der Waals surface area (Å²) >= 11 is 0. The summed E-state index contributed by atoms with van der Waals surface area (Å²) in [5.74, 6) is 5.14. The minimum atomic E-state index is -0.146. The molecule has 0 aliphatic rings. The highest BCUT2D eigenvalue weighted by molar-refractivity contribution is 7.97. The molecule has 0 fully saturated rings. The molecular weight excluding hydrogens is 1130 g/mol. The molecule has 12 aromatic rings. The second kappa shape index (κ2) is 29.7. The fourth-order valence-corrected chi connectivity index (χ4v) is 15.8. The van der Waals surface area contributed by atoms with Crippen molar-refractivity contribution in [2.24, 2.45) is 0 Å². The van der Waals surface area contributed by atoms with Gasteiger partial charge in [-0.25, -0.2) is 0 Å². The maximum Gasteiger partial charge on any atom is 0.166 e. The topological polar surface area (TPSA) is 27.7 Å². The molecule has 88 heavy (non-hydrogen) atoms. The van der Waals surface area contributed by atoms with Crippen molar-refractivity contribution in [2.75, 3.05) is 0 Å². The Morgan fingerprint density at radius 2 is 0.364 bits per heavy atom. The average molecular weight is 1210 g/mol. The van der Waals surface area contributed by atoms with E-state index in [2.05, 4.69) is 323 Å². The van der Waals surface area contributed by atoms with Crippen molar-refractivity contribution in [3.05, 3.63) is 342 Å². The lowest BCUT2D eigenvalue weighted by molar-refractivity contribution is 0.481. The molecule has 438 valence electrons. The second-order valence-corrected chi connectivity index (χ2v) is 29.0. The Balaban J connectivity index is 0.000000146. The number of benzene rings is 12. The molecule has 6 heteroatoms. The maximum absolute atomic E-state index is 6.11. The van der Waals surface area contributed by atoms with Crippen LogP contribution < -0.4 is 14.2 Å². The highest BCUT2D eigenvalue weighted by atomic mass is 32.2. The molecular formula is C82H77O3S3+3. The van der Waals surface area contributed by atoms with E-state index in [4.69, 9.17) is 14.2 Å². The summed E-state index contributed by atoms with van der Waals surface area (Å²) in [7, 11) is -0.432. The van der Waals surface area contributed by atoms with Crippen LogP contribution in [-0.4, -0.2) is 0 Å². The van der Waals surface area contributed by atoms with Gasteiger partial charge < -0.3 is 14.2 Å². The second-order valence-electron chi connectivity index (χ2n) is 22.9. The Morgan fingerprint density at radius 1 is 0.193 bits per heavy atom. The van der Waals surface area contributed by atoms with Crippen molar-refractivity contribution in [2.45, 2.75) is 112 Å². The largest absolute Gasteiger partial charge is 0.457 e. The molecule has 1 unspecified atom stereocenters. The normalized spacial score (nSPS) is 11.4. The predicted molar refractivity (Wildman–Crippen MR) is 371 cm³/mol. The Hall–Kier alpha value is -8.91. The van der Waals surface area contributed by atoms with Crippen molar-refractivity contribution in [3.8, 4) is 34.5 Å². The van der Waals surface area contributed by atoms with Gasteiger partial charge in [0.1, 0.15) is 34.5 Å². The van der Waals surface area contributed by atoms with Crippen LogP contribution in [0.4, 0.5) is 0 Å². The third kappa shape index (κ3) is 17.2. The molecule has 3 nitrogen and oxygen atoms in total. The van der Waals surface area contributed by atoms with Crippen LogP contribution in [0, 0.1) is 41.5 Å². The molecule has 0 heterocycles. The van der Waals surface area contributed by atoms with Crippen LogP contribution in [0.5, 0.6) is 34.5 Å². The molecule has 0 saturated heterocycles. The van der Waals surface area contributed by atoms with Gasteiger partial charge in [0, 0.05) is 0 Å². The summed E-state index contributed by atoms with van der Waals surface area (Å²) in [6.07, 6.45) is 0. The summed E-state index contributed by atoms with van der Waals surface area (Å²) < 4.78 is 18.1.